The van der Waals surface area contributed by atoms with E-state index < -0.39 is 189 Å². The highest BCUT2D eigenvalue weighted by atomic mass is 32.2. The number of carbonyl (C=O) groups excluding carboxylic acids is 3. The molecule has 3 spiro atoms. The van der Waals surface area contributed by atoms with Crippen LogP contribution in [0, 0.1) is 69.5 Å². The zero-order chi connectivity index (χ0) is 66.8. The van der Waals surface area contributed by atoms with Crippen LogP contribution in [0.25, 0.3) is 11.1 Å². The van der Waals surface area contributed by atoms with Crippen LogP contribution in [0.1, 0.15) is 154 Å². The monoisotopic (exact) mass is 1350 g/mol. The lowest BCUT2D eigenvalue weighted by Gasteiger charge is -2.67. The van der Waals surface area contributed by atoms with Crippen molar-refractivity contribution in [2.75, 3.05) is 52.9 Å². The van der Waals surface area contributed by atoms with E-state index in [1.165, 1.54) is 0 Å². The van der Waals surface area contributed by atoms with E-state index in [0.717, 1.165) is 22.3 Å². The van der Waals surface area contributed by atoms with Crippen LogP contribution in [0.3, 0.4) is 0 Å². The van der Waals surface area contributed by atoms with Crippen molar-refractivity contribution in [2.45, 2.75) is 200 Å². The first-order valence-electron chi connectivity index (χ1n) is 32.6. The lowest BCUT2D eigenvalue weighted by atomic mass is 9.45. The minimum atomic E-state index is -6.33. The maximum absolute atomic E-state index is 15.7. The highest BCUT2D eigenvalue weighted by molar-refractivity contribution is 7.87. The van der Waals surface area contributed by atoms with Gasteiger partial charge >= 0.3 is 57.0 Å². The van der Waals surface area contributed by atoms with Crippen LogP contribution < -0.4 is 0 Å². The summed E-state index contributed by atoms with van der Waals surface area (Å²) in [5.74, 6) is -32.9. The van der Waals surface area contributed by atoms with Crippen molar-refractivity contribution in [3.63, 3.8) is 0 Å². The lowest BCUT2D eigenvalue weighted by molar-refractivity contribution is -0.399. The molecular weight excluding hydrogens is 1270 g/mol. The molecule has 15 nitrogen and oxygen atoms in total. The van der Waals surface area contributed by atoms with E-state index in [1.807, 2.05) is 63.2 Å². The molecule has 3 heterocycles. The summed E-state index contributed by atoms with van der Waals surface area (Å²) >= 11 is 0. The van der Waals surface area contributed by atoms with Crippen molar-refractivity contribution in [3.05, 3.63) is 59.2 Å². The van der Waals surface area contributed by atoms with Gasteiger partial charge in [0, 0.05) is 41.4 Å². The Hall–Kier alpha value is -4.18. The topological polar surface area (TPSA) is 189 Å². The molecule has 0 amide bonds. The fourth-order valence-corrected chi connectivity index (χ4v) is 20.6. The predicted octanol–water partition coefficient (Wildman–Crippen LogP) is 12.7. The van der Waals surface area contributed by atoms with E-state index in [0.29, 0.717) is 56.9 Å². The molecule has 2 aromatic carbocycles. The third-order valence-electron chi connectivity index (χ3n) is 24.4. The summed E-state index contributed by atoms with van der Waals surface area (Å²) in [6.45, 7) is 4.25. The Balaban J connectivity index is 0.760. The maximum Gasteiger partial charge on any atom is 0.465 e. The zero-order valence-electron chi connectivity index (χ0n) is 52.7. The molecule has 12 saturated carbocycles. The Bertz CT molecular complexity index is 3270. The molecule has 15 aliphatic rings. The number of esters is 3. The third kappa shape index (κ3) is 10.1. The second kappa shape index (κ2) is 20.9. The Morgan fingerprint density at radius 3 is 1.27 bits per heavy atom. The second-order valence-corrected chi connectivity index (χ2v) is 33.9. The summed E-state index contributed by atoms with van der Waals surface area (Å²) in [4.78, 5) is 43.8. The van der Waals surface area contributed by atoms with Gasteiger partial charge in [0.05, 0.1) is 29.5 Å². The Morgan fingerprint density at radius 2 is 0.892 bits per heavy atom. The maximum atomic E-state index is 15.7. The molecule has 15 fully saturated rings. The molecule has 514 valence electrons. The van der Waals surface area contributed by atoms with Crippen molar-refractivity contribution in [1.29, 1.82) is 0 Å². The third-order valence-corrected chi connectivity index (χ3v) is 25.2. The summed E-state index contributed by atoms with van der Waals surface area (Å²) in [6.07, 6.45) is 2.40. The van der Waals surface area contributed by atoms with E-state index in [4.69, 9.17) is 42.6 Å². The SMILES string of the molecule is CC(C)(C)c1ccc(-c2ccc(C(C)(C)C)c(C3C4CC5CC3(OC(=O)C(F)(F)S(=O)(=O)O)CC(C4)C53OCC(COC(=O)C45CC6CC(C4)C4(OCC(F)(F)C(F)(F)CO4)C(C6)C5)(COC(=O)C45CC6CC(C4)C4(OCC(F)(F)C(F)(F)CO4)C(C6)C5)CO3)c2)cc1. The number of rotatable bonds is 11. The zero-order valence-corrected chi connectivity index (χ0v) is 53.5. The van der Waals surface area contributed by atoms with Crippen molar-refractivity contribution in [2.24, 2.45) is 69.5 Å². The smallest absolute Gasteiger partial charge is 0.464 e. The number of halogens is 10. The van der Waals surface area contributed by atoms with E-state index in [1.54, 1.807) is 0 Å². The van der Waals surface area contributed by atoms with Gasteiger partial charge in [-0.15, -0.1) is 0 Å². The van der Waals surface area contributed by atoms with Gasteiger partial charge in [0.25, 0.3) is 0 Å². The average Bonchev–Trinajstić information content (AvgIpc) is 0.836. The van der Waals surface area contributed by atoms with E-state index in [9.17, 15) is 62.5 Å². The number of alkyl halides is 10. The number of hydrogen-bond donors (Lipinski definition) is 1. The molecule has 93 heavy (non-hydrogen) atoms. The quantitative estimate of drug-likeness (QED) is 0.0967. The van der Waals surface area contributed by atoms with Crippen LogP contribution in [0.4, 0.5) is 43.9 Å². The number of ether oxygens (including phenoxy) is 9. The second-order valence-electron chi connectivity index (χ2n) is 32.5. The standard InChI is InChI=1S/C67H80F10O15S/c1-54(2,3)41-10-7-38(8-11-41)39-9-12-49(55(4,5)6)48(19-39)50-40-17-46-26-59(50,92-53(80)67(76,77)93(81,82)83)27-47(18-40)66(46)86-30-56(31-87-66,28-84-51(78)57-20-36-13-42(22-57)64(43(14-36)23-57)88-32-60(68,69)61(70,71)33-89-64)29-85-52(79)58-21-37-15-44(24-58)65(45(16-37)25-58)90-34-62(72,73)63(74,75)35-91-65/h7-12,19,36-37,40,42-47,50H,13-18,20-35H2,1-6H3,(H,81,82,83). The molecule has 2 aromatic rings. The molecule has 3 saturated heterocycles. The predicted molar refractivity (Wildman–Crippen MR) is 306 cm³/mol. The van der Waals surface area contributed by atoms with E-state index in [2.05, 4.69) is 20.8 Å². The average molecular weight is 1350 g/mol. The van der Waals surface area contributed by atoms with E-state index >= 15 is 8.78 Å². The van der Waals surface area contributed by atoms with Gasteiger partial charge < -0.3 is 42.6 Å². The summed E-state index contributed by atoms with van der Waals surface area (Å²) < 4.78 is 239. The van der Waals surface area contributed by atoms with Crippen molar-refractivity contribution < 1.29 is 114 Å². The first-order chi connectivity index (χ1) is 43.1. The van der Waals surface area contributed by atoms with Crippen molar-refractivity contribution in [3.8, 4) is 11.1 Å². The van der Waals surface area contributed by atoms with Gasteiger partial charge in [-0.2, -0.15) is 52.3 Å². The fourth-order valence-electron chi connectivity index (χ4n) is 20.3. The molecule has 17 rings (SSSR count). The summed E-state index contributed by atoms with van der Waals surface area (Å²) in [7, 11) is -6.33. The van der Waals surface area contributed by atoms with Crippen LogP contribution in [-0.4, -0.2) is 136 Å². The molecule has 26 heteroatoms. The number of hydrogen-bond acceptors (Lipinski definition) is 14. The molecule has 7 atom stereocenters. The first-order valence-corrected chi connectivity index (χ1v) is 34.0. The minimum Gasteiger partial charge on any atom is -0.464 e. The molecule has 3 aliphatic heterocycles. The molecular formula is C67H80F10O15S. The van der Waals surface area contributed by atoms with Gasteiger partial charge in [0.2, 0.25) is 0 Å². The number of benzene rings is 2. The van der Waals surface area contributed by atoms with Crippen molar-refractivity contribution in [1.82, 2.24) is 0 Å². The van der Waals surface area contributed by atoms with E-state index in [-0.39, 0.29) is 69.0 Å². The Labute approximate surface area is 532 Å². The van der Waals surface area contributed by atoms with Crippen LogP contribution in [0.2, 0.25) is 0 Å². The minimum absolute atomic E-state index is 0.00436. The highest BCUT2D eigenvalue weighted by Crippen LogP contribution is 2.71. The van der Waals surface area contributed by atoms with Crippen LogP contribution >= 0.6 is 0 Å². The molecule has 0 aromatic heterocycles. The molecule has 1 N–H and O–H groups in total. The summed E-state index contributed by atoms with van der Waals surface area (Å²) in [5.41, 5.74) is -2.27. The Kier molecular flexibility index (Phi) is 14.9. The molecule has 12 bridgehead atoms. The lowest BCUT2D eigenvalue weighted by Crippen LogP contribution is -2.72. The number of carbonyl (C=O) groups is 3. The summed E-state index contributed by atoms with van der Waals surface area (Å²) in [5, 5.41) is -5.36. The molecule has 0 radical (unpaired) electrons. The van der Waals surface area contributed by atoms with Gasteiger partial charge in [0.1, 0.15) is 45.2 Å². The van der Waals surface area contributed by atoms with Crippen LogP contribution in [-0.2, 0) is 78.0 Å². The van der Waals surface area contributed by atoms with Crippen molar-refractivity contribution >= 4 is 28.0 Å². The van der Waals surface area contributed by atoms with Crippen LogP contribution in [0.15, 0.2) is 42.5 Å². The summed E-state index contributed by atoms with van der Waals surface area (Å²) in [6, 6.07) is 13.9. The van der Waals surface area contributed by atoms with Gasteiger partial charge in [-0.1, -0.05) is 84.0 Å². The highest BCUT2D eigenvalue weighted by Gasteiger charge is 2.75. The largest absolute Gasteiger partial charge is 0.465 e. The molecule has 7 unspecified atom stereocenters. The fraction of sp³-hybridized carbons (Fsp3) is 0.776. The normalized spacial score (nSPS) is 40.2. The molecule has 12 aliphatic carbocycles. The van der Waals surface area contributed by atoms with Gasteiger partial charge in [-0.25, -0.2) is 4.79 Å². The van der Waals surface area contributed by atoms with Gasteiger partial charge in [0.15, 0.2) is 17.4 Å². The van der Waals surface area contributed by atoms with Gasteiger partial charge in [-0.3, -0.25) is 14.1 Å². The first kappa shape index (κ1) is 66.1. The Morgan fingerprint density at radius 1 is 0.516 bits per heavy atom. The van der Waals surface area contributed by atoms with Gasteiger partial charge in [-0.05, 0) is 146 Å². The van der Waals surface area contributed by atoms with Crippen LogP contribution in [0.5, 0.6) is 0 Å².